The summed E-state index contributed by atoms with van der Waals surface area (Å²) in [5.74, 6) is -0.194. The number of ether oxygens (including phenoxy) is 2. The van der Waals surface area contributed by atoms with Gasteiger partial charge in [0.05, 0.1) is 6.61 Å². The summed E-state index contributed by atoms with van der Waals surface area (Å²) in [6.07, 6.45) is 4.17. The van der Waals surface area contributed by atoms with Gasteiger partial charge in [0.1, 0.15) is 6.61 Å². The Hall–Kier alpha value is -3.87. The highest BCUT2D eigenvalue weighted by Gasteiger charge is 2.19. The van der Waals surface area contributed by atoms with Gasteiger partial charge in [-0.1, -0.05) is 56.3 Å². The normalized spacial score (nSPS) is 10.7. The van der Waals surface area contributed by atoms with Crippen LogP contribution in [-0.4, -0.2) is 29.0 Å². The zero-order valence-corrected chi connectivity index (χ0v) is 20.5. The monoisotopic (exact) mass is 476 g/mol. The third-order valence-electron chi connectivity index (χ3n) is 5.46. The number of amides is 1. The van der Waals surface area contributed by atoms with Crippen LogP contribution in [0.2, 0.25) is 0 Å². The van der Waals surface area contributed by atoms with Crippen molar-refractivity contribution in [2.45, 2.75) is 52.7 Å². The Labute approximate surface area is 206 Å². The Morgan fingerprint density at radius 2 is 1.74 bits per heavy atom. The van der Waals surface area contributed by atoms with Gasteiger partial charge in [-0.3, -0.25) is 14.9 Å². The van der Waals surface area contributed by atoms with E-state index in [1.54, 1.807) is 31.2 Å². The Balaban J connectivity index is 1.67. The Kier molecular flexibility index (Phi) is 9.23. The van der Waals surface area contributed by atoms with E-state index < -0.39 is 6.09 Å². The summed E-state index contributed by atoms with van der Waals surface area (Å²) in [6.45, 7) is 7.00. The Morgan fingerprint density at radius 1 is 0.971 bits per heavy atom. The van der Waals surface area contributed by atoms with Crippen LogP contribution in [0.1, 0.15) is 66.6 Å². The van der Waals surface area contributed by atoms with E-state index in [0.29, 0.717) is 42.8 Å². The van der Waals surface area contributed by atoms with E-state index in [1.807, 2.05) is 61.1 Å². The highest BCUT2D eigenvalue weighted by Crippen LogP contribution is 2.25. The van der Waals surface area contributed by atoms with Crippen molar-refractivity contribution < 1.29 is 23.9 Å². The van der Waals surface area contributed by atoms with Gasteiger partial charge in [-0.15, -0.1) is 0 Å². The van der Waals surface area contributed by atoms with Crippen LogP contribution in [0.4, 0.5) is 10.5 Å². The van der Waals surface area contributed by atoms with Gasteiger partial charge >= 0.3 is 12.1 Å². The summed E-state index contributed by atoms with van der Waals surface area (Å²) in [4.78, 5) is 37.2. The van der Waals surface area contributed by atoms with Crippen molar-refractivity contribution in [1.82, 2.24) is 4.57 Å². The second-order valence-corrected chi connectivity index (χ2v) is 8.52. The average molecular weight is 477 g/mol. The molecule has 0 spiro atoms. The number of ketones is 1. The number of rotatable bonds is 11. The average Bonchev–Trinajstić information content (AvgIpc) is 3.28. The second-order valence-electron chi connectivity index (χ2n) is 8.52. The quantitative estimate of drug-likeness (QED) is 0.274. The minimum Gasteiger partial charge on any atom is -0.466 e. The van der Waals surface area contributed by atoms with Gasteiger partial charge < -0.3 is 14.0 Å². The number of benzene rings is 2. The molecule has 0 saturated carbocycles. The molecule has 0 aliphatic rings. The lowest BCUT2D eigenvalue weighted by atomic mass is 9.96. The molecule has 184 valence electrons. The summed E-state index contributed by atoms with van der Waals surface area (Å²) >= 11 is 0. The van der Waals surface area contributed by atoms with E-state index in [0.717, 1.165) is 11.1 Å². The lowest BCUT2D eigenvalue weighted by Gasteiger charge is -2.09. The number of nitrogens with one attached hydrogen (secondary N) is 1. The topological polar surface area (TPSA) is 86.6 Å². The second kappa shape index (κ2) is 12.6. The molecule has 1 heterocycles. The fraction of sp³-hybridized carbons (Fsp3) is 0.321. The number of aryl methyl sites for hydroxylation is 1. The van der Waals surface area contributed by atoms with Crippen LogP contribution in [-0.2, 0) is 27.4 Å². The van der Waals surface area contributed by atoms with E-state index >= 15 is 0 Å². The molecule has 1 aromatic heterocycles. The summed E-state index contributed by atoms with van der Waals surface area (Å²) in [7, 11) is 0. The molecule has 7 nitrogen and oxygen atoms in total. The lowest BCUT2D eigenvalue weighted by Crippen LogP contribution is -2.14. The van der Waals surface area contributed by atoms with Crippen LogP contribution in [0.25, 0.3) is 0 Å². The Bertz CT molecular complexity index is 1150. The zero-order chi connectivity index (χ0) is 25.2. The predicted molar refractivity (Wildman–Crippen MR) is 135 cm³/mol. The van der Waals surface area contributed by atoms with Crippen LogP contribution in [0.15, 0.2) is 67.0 Å². The van der Waals surface area contributed by atoms with E-state index in [-0.39, 0.29) is 24.3 Å². The van der Waals surface area contributed by atoms with Crippen molar-refractivity contribution in [3.8, 4) is 0 Å². The first-order chi connectivity index (χ1) is 16.9. The minimum absolute atomic E-state index is 0.126. The number of hydrogen-bond acceptors (Lipinski definition) is 5. The van der Waals surface area contributed by atoms with Crippen LogP contribution in [0.5, 0.6) is 0 Å². The first-order valence-corrected chi connectivity index (χ1v) is 11.8. The molecule has 3 rings (SSSR count). The van der Waals surface area contributed by atoms with E-state index in [2.05, 4.69) is 5.32 Å². The summed E-state index contributed by atoms with van der Waals surface area (Å²) in [5.41, 5.74) is 3.39. The molecule has 7 heteroatoms. The van der Waals surface area contributed by atoms with Gasteiger partial charge in [0.25, 0.3) is 0 Å². The van der Waals surface area contributed by atoms with Gasteiger partial charge in [-0.25, -0.2) is 4.79 Å². The largest absolute Gasteiger partial charge is 0.466 e. The third-order valence-corrected chi connectivity index (χ3v) is 5.46. The highest BCUT2D eigenvalue weighted by atomic mass is 16.5. The number of esters is 1. The molecular formula is C28H32N2O5. The van der Waals surface area contributed by atoms with Gasteiger partial charge in [0.2, 0.25) is 0 Å². The third kappa shape index (κ3) is 7.57. The number of aromatic nitrogens is 1. The van der Waals surface area contributed by atoms with Crippen LogP contribution >= 0.6 is 0 Å². The summed E-state index contributed by atoms with van der Waals surface area (Å²) in [6, 6.07) is 16.2. The van der Waals surface area contributed by atoms with Gasteiger partial charge in [-0.05, 0) is 42.5 Å². The first kappa shape index (κ1) is 25.7. The summed E-state index contributed by atoms with van der Waals surface area (Å²) in [5, 5.41) is 2.69. The molecule has 0 radical (unpaired) electrons. The number of carbonyl (C=O) groups excluding carboxylic acids is 3. The molecule has 0 aliphatic carbocycles. The maximum absolute atomic E-state index is 13.4. The standard InChI is InChI=1S/C28H32N2O5/c1-4-34-26(31)14-9-15-30-17-24(20(2)3)25(18-30)27(32)22-12-8-13-23(16-22)29-28(33)35-19-21-10-6-5-7-11-21/h5-8,10-13,16-18,20H,4,9,14-15,19H2,1-3H3,(H,29,33). The van der Waals surface area contributed by atoms with Crippen LogP contribution < -0.4 is 5.32 Å². The first-order valence-electron chi connectivity index (χ1n) is 11.8. The number of carbonyl (C=O) groups is 3. The van der Waals surface area contributed by atoms with Crippen molar-refractivity contribution in [3.05, 3.63) is 89.2 Å². The molecule has 0 saturated heterocycles. The molecule has 0 unspecified atom stereocenters. The molecule has 0 bridgehead atoms. The number of nitrogens with zero attached hydrogens (tertiary/aromatic N) is 1. The van der Waals surface area contributed by atoms with Gasteiger partial charge in [0.15, 0.2) is 5.78 Å². The molecule has 35 heavy (non-hydrogen) atoms. The molecule has 1 amide bonds. The lowest BCUT2D eigenvalue weighted by molar-refractivity contribution is -0.143. The van der Waals surface area contributed by atoms with Crippen molar-refractivity contribution >= 4 is 23.5 Å². The molecule has 1 N–H and O–H groups in total. The fourth-order valence-corrected chi connectivity index (χ4v) is 3.71. The molecule has 3 aromatic rings. The van der Waals surface area contributed by atoms with Crippen molar-refractivity contribution in [3.63, 3.8) is 0 Å². The molecule has 0 atom stereocenters. The molecule has 0 aliphatic heterocycles. The van der Waals surface area contributed by atoms with Gasteiger partial charge in [-0.2, -0.15) is 0 Å². The van der Waals surface area contributed by atoms with Gasteiger partial charge in [0, 0.05) is 42.2 Å². The molecule has 0 fully saturated rings. The zero-order valence-electron chi connectivity index (χ0n) is 20.5. The smallest absolute Gasteiger partial charge is 0.411 e. The SMILES string of the molecule is CCOC(=O)CCCn1cc(C(=O)c2cccc(NC(=O)OCc3ccccc3)c2)c(C(C)C)c1. The molecular weight excluding hydrogens is 444 g/mol. The fourth-order valence-electron chi connectivity index (χ4n) is 3.71. The van der Waals surface area contributed by atoms with Crippen LogP contribution in [0.3, 0.4) is 0 Å². The van der Waals surface area contributed by atoms with Crippen LogP contribution in [0, 0.1) is 0 Å². The minimum atomic E-state index is -0.589. The molecule has 2 aromatic carbocycles. The van der Waals surface area contributed by atoms with E-state index in [1.165, 1.54) is 0 Å². The maximum Gasteiger partial charge on any atom is 0.411 e. The Morgan fingerprint density at radius 3 is 2.46 bits per heavy atom. The van der Waals surface area contributed by atoms with E-state index in [4.69, 9.17) is 9.47 Å². The highest BCUT2D eigenvalue weighted by molar-refractivity contribution is 6.10. The summed E-state index contributed by atoms with van der Waals surface area (Å²) < 4.78 is 12.2. The number of anilines is 1. The van der Waals surface area contributed by atoms with Crippen molar-refractivity contribution in [2.75, 3.05) is 11.9 Å². The maximum atomic E-state index is 13.4. The van der Waals surface area contributed by atoms with Crippen molar-refractivity contribution in [2.24, 2.45) is 0 Å². The van der Waals surface area contributed by atoms with Crippen molar-refractivity contribution in [1.29, 1.82) is 0 Å². The van der Waals surface area contributed by atoms with E-state index in [9.17, 15) is 14.4 Å². The number of hydrogen-bond donors (Lipinski definition) is 1. The predicted octanol–water partition coefficient (Wildman–Crippen LogP) is 5.93.